The first-order valence-electron chi connectivity index (χ1n) is 10.1. The van der Waals surface area contributed by atoms with E-state index in [0.29, 0.717) is 16.8 Å². The summed E-state index contributed by atoms with van der Waals surface area (Å²) in [7, 11) is 0. The van der Waals surface area contributed by atoms with Gasteiger partial charge in [-0.15, -0.1) is 0 Å². The molecule has 1 saturated heterocycles. The number of hydrogen-bond acceptors (Lipinski definition) is 3. The van der Waals surface area contributed by atoms with Crippen molar-refractivity contribution in [1.29, 1.82) is 0 Å². The minimum atomic E-state index is -0.354. The number of piperidine rings is 1. The van der Waals surface area contributed by atoms with Crippen LogP contribution in [0.5, 0.6) is 0 Å². The van der Waals surface area contributed by atoms with Crippen molar-refractivity contribution in [2.75, 3.05) is 28.6 Å². The van der Waals surface area contributed by atoms with Crippen LogP contribution in [0.2, 0.25) is 0 Å². The fourth-order valence-corrected chi connectivity index (χ4v) is 4.12. The fourth-order valence-electron chi connectivity index (χ4n) is 4.12. The Kier molecular flexibility index (Phi) is 5.33. The van der Waals surface area contributed by atoms with E-state index >= 15 is 0 Å². The summed E-state index contributed by atoms with van der Waals surface area (Å²) in [5, 5.41) is 5.92. The Labute approximate surface area is 165 Å². The molecule has 1 fully saturated rings. The Balaban J connectivity index is 1.41. The lowest BCUT2D eigenvalue weighted by atomic mass is 9.92. The normalized spacial score (nSPS) is 18.3. The molecule has 0 aromatic heterocycles. The number of rotatable bonds is 5. The molecule has 2 aliphatic heterocycles. The van der Waals surface area contributed by atoms with E-state index in [0.717, 1.165) is 24.7 Å². The largest absolute Gasteiger partial charge is 0.372 e. The van der Waals surface area contributed by atoms with Crippen molar-refractivity contribution in [3.63, 3.8) is 0 Å². The summed E-state index contributed by atoms with van der Waals surface area (Å²) >= 11 is 0. The first-order chi connectivity index (χ1) is 13.6. The topological polar surface area (TPSA) is 44.4 Å². The molecule has 4 rings (SSSR count). The zero-order valence-electron chi connectivity index (χ0n) is 16.2. The number of hydrogen-bond donors (Lipinski definition) is 2. The molecule has 5 heteroatoms. The van der Waals surface area contributed by atoms with Gasteiger partial charge in [-0.3, -0.25) is 4.79 Å². The van der Waals surface area contributed by atoms with Crippen LogP contribution in [0.1, 0.15) is 38.2 Å². The van der Waals surface area contributed by atoms with Crippen molar-refractivity contribution in [2.45, 2.75) is 32.6 Å². The Morgan fingerprint density at radius 2 is 1.93 bits per heavy atom. The molecule has 2 N–H and O–H groups in total. The van der Waals surface area contributed by atoms with E-state index in [2.05, 4.69) is 34.6 Å². The van der Waals surface area contributed by atoms with Crippen molar-refractivity contribution in [2.24, 2.45) is 5.92 Å². The molecule has 2 aromatic carbocycles. The molecule has 2 aromatic rings. The molecule has 4 nitrogen and oxygen atoms in total. The lowest BCUT2D eigenvalue weighted by Crippen LogP contribution is -2.33. The molecule has 146 valence electrons. The van der Waals surface area contributed by atoms with E-state index in [4.69, 9.17) is 0 Å². The van der Waals surface area contributed by atoms with Crippen LogP contribution in [-0.2, 0) is 4.79 Å². The molecule has 2 aliphatic rings. The number of nitrogens with zero attached hydrogens (tertiary/aromatic N) is 1. The van der Waals surface area contributed by atoms with E-state index in [-0.39, 0.29) is 11.7 Å². The first-order valence-corrected chi connectivity index (χ1v) is 10.1. The molecule has 0 bridgehead atoms. The van der Waals surface area contributed by atoms with Crippen LogP contribution in [-0.4, -0.2) is 19.0 Å². The monoisotopic (exact) mass is 379 g/mol. The Morgan fingerprint density at radius 3 is 2.64 bits per heavy atom. The standard InChI is InChI=1S/C23H26FN3O/c1-2-3-16-10-12-27(13-11-16)19-7-5-18(6-8-19)25-15-21-20-14-17(24)4-9-22(20)26-23(21)28/h4-9,14-16,25H,2-3,10-13H2,1H3,(H,26,28). The van der Waals surface area contributed by atoms with Crippen LogP contribution in [0.3, 0.4) is 0 Å². The predicted molar refractivity (Wildman–Crippen MR) is 113 cm³/mol. The third-order valence-electron chi connectivity index (χ3n) is 5.69. The highest BCUT2D eigenvalue weighted by Gasteiger charge is 2.24. The van der Waals surface area contributed by atoms with Gasteiger partial charge in [-0.1, -0.05) is 19.8 Å². The Hall–Kier alpha value is -2.82. The van der Waals surface area contributed by atoms with Gasteiger partial charge in [0.05, 0.1) is 5.57 Å². The maximum absolute atomic E-state index is 13.5. The molecule has 0 unspecified atom stereocenters. The van der Waals surface area contributed by atoms with Gasteiger partial charge >= 0.3 is 0 Å². The average molecular weight is 379 g/mol. The highest BCUT2D eigenvalue weighted by atomic mass is 19.1. The van der Waals surface area contributed by atoms with Gasteiger partial charge in [-0.25, -0.2) is 4.39 Å². The second-order valence-corrected chi connectivity index (χ2v) is 7.61. The van der Waals surface area contributed by atoms with Crippen molar-refractivity contribution >= 4 is 28.5 Å². The van der Waals surface area contributed by atoms with Gasteiger partial charge in [0, 0.05) is 41.9 Å². The van der Waals surface area contributed by atoms with Gasteiger partial charge in [-0.05, 0) is 61.2 Å². The smallest absolute Gasteiger partial charge is 0.257 e. The molecule has 1 amide bonds. The van der Waals surface area contributed by atoms with E-state index in [9.17, 15) is 9.18 Å². The van der Waals surface area contributed by atoms with Gasteiger partial charge in [-0.2, -0.15) is 0 Å². The zero-order valence-corrected chi connectivity index (χ0v) is 16.2. The SMILES string of the molecule is CCCC1CCN(c2ccc(NC=C3C(=O)Nc4ccc(F)cc43)cc2)CC1. The number of amides is 1. The fraction of sp³-hybridized carbons (Fsp3) is 0.348. The molecule has 28 heavy (non-hydrogen) atoms. The lowest BCUT2D eigenvalue weighted by molar-refractivity contribution is -0.110. The molecule has 0 spiro atoms. The maximum atomic E-state index is 13.5. The Bertz CT molecular complexity index is 883. The zero-order chi connectivity index (χ0) is 19.5. The van der Waals surface area contributed by atoms with Crippen molar-refractivity contribution < 1.29 is 9.18 Å². The molecule has 0 saturated carbocycles. The summed E-state index contributed by atoms with van der Waals surface area (Å²) in [6, 6.07) is 12.6. The number of carbonyl (C=O) groups excluding carboxylic acids is 1. The number of nitrogens with one attached hydrogen (secondary N) is 2. The van der Waals surface area contributed by atoms with Crippen molar-refractivity contribution in [3.05, 3.63) is 60.0 Å². The van der Waals surface area contributed by atoms with Crippen LogP contribution in [0.25, 0.3) is 5.57 Å². The molecule has 0 atom stereocenters. The molecular weight excluding hydrogens is 353 g/mol. The Morgan fingerprint density at radius 1 is 1.18 bits per heavy atom. The van der Waals surface area contributed by atoms with E-state index in [1.54, 1.807) is 12.3 Å². The van der Waals surface area contributed by atoms with Crippen molar-refractivity contribution in [1.82, 2.24) is 0 Å². The number of anilines is 3. The quantitative estimate of drug-likeness (QED) is 0.698. The highest BCUT2D eigenvalue weighted by Crippen LogP contribution is 2.32. The first kappa shape index (κ1) is 18.5. The summed E-state index contributed by atoms with van der Waals surface area (Å²) in [5.74, 6) is 0.298. The van der Waals surface area contributed by atoms with E-state index in [1.165, 1.54) is 43.5 Å². The van der Waals surface area contributed by atoms with Crippen LogP contribution < -0.4 is 15.5 Å². The van der Waals surface area contributed by atoms with Crippen LogP contribution in [0, 0.1) is 11.7 Å². The predicted octanol–water partition coefficient (Wildman–Crippen LogP) is 5.25. The van der Waals surface area contributed by atoms with E-state index in [1.807, 2.05) is 12.1 Å². The number of benzene rings is 2. The summed E-state index contributed by atoms with van der Waals surface area (Å²) in [4.78, 5) is 14.6. The lowest BCUT2D eigenvalue weighted by Gasteiger charge is -2.33. The van der Waals surface area contributed by atoms with Gasteiger partial charge < -0.3 is 15.5 Å². The number of fused-ring (bicyclic) bond motifs is 1. The van der Waals surface area contributed by atoms with Crippen LogP contribution in [0.4, 0.5) is 21.5 Å². The molecule has 2 heterocycles. The second kappa shape index (κ2) is 8.05. The molecule has 0 aliphatic carbocycles. The molecule has 0 radical (unpaired) electrons. The van der Waals surface area contributed by atoms with Crippen LogP contribution in [0.15, 0.2) is 48.7 Å². The summed E-state index contributed by atoms with van der Waals surface area (Å²) in [6.07, 6.45) is 6.80. The summed E-state index contributed by atoms with van der Waals surface area (Å²) in [6.45, 7) is 4.49. The van der Waals surface area contributed by atoms with Crippen LogP contribution >= 0.6 is 0 Å². The van der Waals surface area contributed by atoms with E-state index < -0.39 is 0 Å². The number of carbonyl (C=O) groups is 1. The van der Waals surface area contributed by atoms with Crippen molar-refractivity contribution in [3.8, 4) is 0 Å². The third-order valence-corrected chi connectivity index (χ3v) is 5.69. The minimum Gasteiger partial charge on any atom is -0.372 e. The third kappa shape index (κ3) is 3.88. The number of halogens is 1. The van der Waals surface area contributed by atoms with Gasteiger partial charge in [0.15, 0.2) is 0 Å². The van der Waals surface area contributed by atoms with Gasteiger partial charge in [0.25, 0.3) is 5.91 Å². The summed E-state index contributed by atoms with van der Waals surface area (Å²) in [5.41, 5.74) is 3.80. The minimum absolute atomic E-state index is 0.223. The highest BCUT2D eigenvalue weighted by molar-refractivity contribution is 6.31. The maximum Gasteiger partial charge on any atom is 0.257 e. The second-order valence-electron chi connectivity index (χ2n) is 7.61. The molecular formula is C23H26FN3O. The average Bonchev–Trinajstić information content (AvgIpc) is 3.02. The summed E-state index contributed by atoms with van der Waals surface area (Å²) < 4.78 is 13.5. The van der Waals surface area contributed by atoms with Gasteiger partial charge in [0.1, 0.15) is 5.82 Å². The van der Waals surface area contributed by atoms with Gasteiger partial charge in [0.2, 0.25) is 0 Å².